The van der Waals surface area contributed by atoms with Crippen LogP contribution < -0.4 is 4.90 Å². The third-order valence-corrected chi connectivity index (χ3v) is 7.71. The van der Waals surface area contributed by atoms with E-state index in [0.29, 0.717) is 40.3 Å². The van der Waals surface area contributed by atoms with Crippen LogP contribution in [0.3, 0.4) is 0 Å². The molecule has 2 atom stereocenters. The fourth-order valence-electron chi connectivity index (χ4n) is 5.15. The number of Topliss-reactive ketones (excluding diaryl/α,β-unsaturated/α-hetero) is 1. The van der Waals surface area contributed by atoms with Crippen LogP contribution in [0.5, 0.6) is 0 Å². The largest absolute Gasteiger partial charge is 0.360 e. The highest BCUT2D eigenvalue weighted by molar-refractivity contribution is 6.36. The van der Waals surface area contributed by atoms with E-state index in [0.717, 1.165) is 29.7 Å². The van der Waals surface area contributed by atoms with E-state index in [4.69, 9.17) is 34.8 Å². The van der Waals surface area contributed by atoms with Crippen molar-refractivity contribution < 1.29 is 9.59 Å². The molecule has 0 bridgehead atoms. The van der Waals surface area contributed by atoms with Crippen molar-refractivity contribution in [3.63, 3.8) is 0 Å². The zero-order valence-electron chi connectivity index (χ0n) is 19.1. The lowest BCUT2D eigenvalue weighted by molar-refractivity contribution is -0.136. The molecule has 2 unspecified atom stereocenters. The van der Waals surface area contributed by atoms with E-state index in [1.807, 2.05) is 59.5 Å². The van der Waals surface area contributed by atoms with Crippen LogP contribution in [0.15, 0.2) is 77.9 Å². The molecule has 2 aliphatic carbocycles. The molecule has 1 fully saturated rings. The molecule has 2 aromatic carbocycles. The Morgan fingerprint density at radius 1 is 0.886 bits per heavy atom. The van der Waals surface area contributed by atoms with E-state index < -0.39 is 5.92 Å². The van der Waals surface area contributed by atoms with Crippen LogP contribution in [0.25, 0.3) is 0 Å². The van der Waals surface area contributed by atoms with Gasteiger partial charge in [-0.25, -0.2) is 0 Å². The number of carbonyl (C=O) groups is 2. The number of nitrogens with zero attached hydrogens (tertiary/aromatic N) is 2. The predicted molar refractivity (Wildman–Crippen MR) is 142 cm³/mol. The molecule has 4 nitrogen and oxygen atoms in total. The quantitative estimate of drug-likeness (QED) is 0.439. The minimum absolute atomic E-state index is 0.00258. The van der Waals surface area contributed by atoms with Crippen LogP contribution in [0, 0.1) is 5.92 Å². The molecule has 5 rings (SSSR count). The van der Waals surface area contributed by atoms with Gasteiger partial charge in [-0.05, 0) is 54.3 Å². The molecule has 0 spiro atoms. The summed E-state index contributed by atoms with van der Waals surface area (Å²) in [5.41, 5.74) is 3.44. The maximum Gasteiger partial charge on any atom is 0.230 e. The van der Waals surface area contributed by atoms with Crippen molar-refractivity contribution in [2.45, 2.75) is 25.3 Å². The van der Waals surface area contributed by atoms with Crippen LogP contribution in [0.1, 0.15) is 30.9 Å². The normalized spacial score (nSPS) is 24.1. The van der Waals surface area contributed by atoms with E-state index in [1.54, 1.807) is 6.07 Å². The molecule has 0 radical (unpaired) electrons. The fraction of sp³-hybridized carbons (Fsp3) is 0.286. The number of allylic oxidation sites excluding steroid dienone is 5. The van der Waals surface area contributed by atoms with Gasteiger partial charge < -0.3 is 9.80 Å². The van der Waals surface area contributed by atoms with Crippen molar-refractivity contribution >= 4 is 52.2 Å². The monoisotopic (exact) mass is 526 g/mol. The second-order valence-electron chi connectivity index (χ2n) is 9.07. The summed E-state index contributed by atoms with van der Waals surface area (Å²) in [5, 5.41) is 1.80. The summed E-state index contributed by atoms with van der Waals surface area (Å²) < 4.78 is 0. The van der Waals surface area contributed by atoms with Crippen molar-refractivity contribution in [3.05, 3.63) is 98.5 Å². The molecular formula is C28H25Cl3N2O2. The minimum atomic E-state index is -0.437. The zero-order valence-corrected chi connectivity index (χ0v) is 21.4. The summed E-state index contributed by atoms with van der Waals surface area (Å²) in [6.45, 7) is 1.61. The number of hydrogen-bond donors (Lipinski definition) is 0. The first-order valence-corrected chi connectivity index (χ1v) is 12.9. The van der Waals surface area contributed by atoms with Gasteiger partial charge in [0.15, 0.2) is 5.78 Å². The summed E-state index contributed by atoms with van der Waals surface area (Å²) in [7, 11) is 0. The number of anilines is 1. The van der Waals surface area contributed by atoms with Crippen molar-refractivity contribution in [2.24, 2.45) is 5.92 Å². The lowest BCUT2D eigenvalue weighted by atomic mass is 9.95. The molecule has 0 saturated carbocycles. The van der Waals surface area contributed by atoms with Gasteiger partial charge in [0.05, 0.1) is 22.7 Å². The van der Waals surface area contributed by atoms with Crippen LogP contribution in [0.2, 0.25) is 15.1 Å². The Morgan fingerprint density at radius 2 is 1.60 bits per heavy atom. The first-order chi connectivity index (χ1) is 16.9. The Labute approximate surface area is 220 Å². The molecule has 1 heterocycles. The Morgan fingerprint density at radius 3 is 2.34 bits per heavy atom. The first kappa shape index (κ1) is 24.2. The van der Waals surface area contributed by atoms with Gasteiger partial charge in [-0.1, -0.05) is 71.2 Å². The maximum atomic E-state index is 13.8. The molecule has 7 heteroatoms. The molecule has 1 aliphatic heterocycles. The second-order valence-corrected chi connectivity index (χ2v) is 10.4. The number of ketones is 1. The number of hydrogen-bond acceptors (Lipinski definition) is 3. The second kappa shape index (κ2) is 10.2. The van der Waals surface area contributed by atoms with Crippen LogP contribution in [-0.4, -0.2) is 36.2 Å². The zero-order chi connectivity index (χ0) is 24.5. The lowest BCUT2D eigenvalue weighted by Gasteiger charge is -2.44. The Balaban J connectivity index is 1.46. The topological polar surface area (TPSA) is 40.6 Å². The van der Waals surface area contributed by atoms with E-state index in [2.05, 4.69) is 11.0 Å². The van der Waals surface area contributed by atoms with Crippen LogP contribution >= 0.6 is 34.8 Å². The number of carbonyl (C=O) groups excluding carboxylic acids is 2. The number of rotatable bonds is 3. The van der Waals surface area contributed by atoms with Crippen molar-refractivity contribution in [3.8, 4) is 0 Å². The molecular weight excluding hydrogens is 503 g/mol. The van der Waals surface area contributed by atoms with Crippen LogP contribution in [-0.2, 0) is 9.59 Å². The van der Waals surface area contributed by atoms with E-state index in [-0.39, 0.29) is 24.2 Å². The van der Waals surface area contributed by atoms with E-state index in [1.165, 1.54) is 0 Å². The highest BCUT2D eigenvalue weighted by atomic mass is 35.5. The number of benzene rings is 2. The minimum Gasteiger partial charge on any atom is -0.360 e. The Hall–Kier alpha value is -2.53. The predicted octanol–water partition coefficient (Wildman–Crippen LogP) is 6.83. The van der Waals surface area contributed by atoms with Crippen molar-refractivity contribution in [2.75, 3.05) is 24.5 Å². The molecule has 1 saturated heterocycles. The third-order valence-electron chi connectivity index (χ3n) is 6.92. The summed E-state index contributed by atoms with van der Waals surface area (Å²) in [6, 6.07) is 13.0. The molecule has 1 amide bonds. The van der Waals surface area contributed by atoms with Gasteiger partial charge in [0, 0.05) is 41.7 Å². The van der Waals surface area contributed by atoms with Crippen LogP contribution in [0.4, 0.5) is 5.69 Å². The number of piperazine rings is 1. The van der Waals surface area contributed by atoms with Gasteiger partial charge >= 0.3 is 0 Å². The fourth-order valence-corrected chi connectivity index (χ4v) is 5.79. The van der Waals surface area contributed by atoms with Gasteiger partial charge in [-0.3, -0.25) is 9.59 Å². The van der Waals surface area contributed by atoms with Crippen molar-refractivity contribution in [1.29, 1.82) is 0 Å². The number of halogens is 3. The lowest BCUT2D eigenvalue weighted by Crippen LogP contribution is -2.52. The molecule has 180 valence electrons. The van der Waals surface area contributed by atoms with Gasteiger partial charge in [0.2, 0.25) is 5.91 Å². The standard InChI is InChI=1S/C28H25Cl3N2O2/c29-19-9-7-18(8-10-19)26-17-32(13-14-33(26)25-12-11-20(30)15-24(25)31)28(35)23-16-27(34)22-6-4-2-1-3-5-21(22)23/h3-12,15,23,26H,1-2,13-14,16-17H2/b5-3-,6-4-. The van der Waals surface area contributed by atoms with Gasteiger partial charge in [0.1, 0.15) is 0 Å². The summed E-state index contributed by atoms with van der Waals surface area (Å²) in [6.07, 6.45) is 9.99. The van der Waals surface area contributed by atoms with Crippen molar-refractivity contribution in [1.82, 2.24) is 4.90 Å². The highest BCUT2D eigenvalue weighted by Gasteiger charge is 2.40. The average Bonchev–Trinajstić information content (AvgIpc) is 3.12. The van der Waals surface area contributed by atoms with E-state index in [9.17, 15) is 9.59 Å². The maximum absolute atomic E-state index is 13.8. The SMILES string of the molecule is O=C1CC(C(=O)N2CCN(c3ccc(Cl)cc3Cl)C(c3ccc(Cl)cc3)C2)C2=C1/C=C\CC/C=C\2. The summed E-state index contributed by atoms with van der Waals surface area (Å²) in [5.74, 6) is -0.391. The number of amides is 1. The Kier molecular flexibility index (Phi) is 7.06. The smallest absolute Gasteiger partial charge is 0.230 e. The molecule has 0 aromatic heterocycles. The molecule has 3 aliphatic rings. The average molecular weight is 528 g/mol. The summed E-state index contributed by atoms with van der Waals surface area (Å²) >= 11 is 18.9. The van der Waals surface area contributed by atoms with Gasteiger partial charge in [0.25, 0.3) is 0 Å². The first-order valence-electron chi connectivity index (χ1n) is 11.8. The Bertz CT molecular complexity index is 1250. The molecule has 0 N–H and O–H groups in total. The molecule has 2 aromatic rings. The molecule has 35 heavy (non-hydrogen) atoms. The van der Waals surface area contributed by atoms with E-state index >= 15 is 0 Å². The highest BCUT2D eigenvalue weighted by Crippen LogP contribution is 2.39. The van der Waals surface area contributed by atoms with Gasteiger partial charge in [-0.2, -0.15) is 0 Å². The van der Waals surface area contributed by atoms with Gasteiger partial charge in [-0.15, -0.1) is 0 Å². The third kappa shape index (κ3) is 4.93. The summed E-state index contributed by atoms with van der Waals surface area (Å²) in [4.78, 5) is 30.6.